The van der Waals surface area contributed by atoms with Crippen LogP contribution in [-0.4, -0.2) is 11.5 Å². The van der Waals surface area contributed by atoms with Gasteiger partial charge in [0.25, 0.3) is 0 Å². The molecule has 0 saturated carbocycles. The average Bonchev–Trinajstić information content (AvgIpc) is 2.38. The van der Waals surface area contributed by atoms with Crippen LogP contribution in [0.5, 0.6) is 0 Å². The molecule has 0 radical (unpaired) electrons. The maximum absolute atomic E-state index is 6.00. The van der Waals surface area contributed by atoms with Gasteiger partial charge in [0.1, 0.15) is 0 Å². The number of benzene rings is 1. The first-order valence-corrected chi connectivity index (χ1v) is 6.22. The number of nitrogens with two attached hydrogens (primary N) is 1. The number of aromatic nitrogens is 1. The Morgan fingerprint density at radius 1 is 1.28 bits per heavy atom. The molecule has 0 bridgehead atoms. The molecule has 1 heterocycles. The summed E-state index contributed by atoms with van der Waals surface area (Å²) in [7, 11) is 0. The standard InChI is InChI=1S/C14H16ClN3/c1-11-5-6-12(10-17-11)7-8-18(16)14-4-2-3-13(15)9-14/h2-6,9-10H,7-8,16H2,1H3. The van der Waals surface area contributed by atoms with Gasteiger partial charge in [-0.1, -0.05) is 23.7 Å². The molecule has 2 rings (SSSR count). The fraction of sp³-hybridized carbons (Fsp3) is 0.214. The number of rotatable bonds is 4. The number of nitrogens with zero attached hydrogens (tertiary/aromatic N) is 2. The predicted octanol–water partition coefficient (Wildman–Crippen LogP) is 2.97. The van der Waals surface area contributed by atoms with Gasteiger partial charge in [0, 0.05) is 23.5 Å². The Bertz CT molecular complexity index is 511. The van der Waals surface area contributed by atoms with E-state index in [4.69, 9.17) is 17.4 Å². The van der Waals surface area contributed by atoms with Crippen molar-refractivity contribution in [2.75, 3.05) is 11.6 Å². The Morgan fingerprint density at radius 2 is 2.11 bits per heavy atom. The number of halogens is 1. The fourth-order valence-corrected chi connectivity index (χ4v) is 1.86. The van der Waals surface area contributed by atoms with Crippen molar-refractivity contribution in [3.63, 3.8) is 0 Å². The lowest BCUT2D eigenvalue weighted by molar-refractivity contribution is 0.820. The van der Waals surface area contributed by atoms with Crippen molar-refractivity contribution in [1.29, 1.82) is 0 Å². The van der Waals surface area contributed by atoms with Gasteiger partial charge in [0.05, 0.1) is 5.69 Å². The first kappa shape index (κ1) is 12.9. The van der Waals surface area contributed by atoms with Crippen LogP contribution < -0.4 is 10.9 Å². The second kappa shape index (κ2) is 5.85. The Morgan fingerprint density at radius 3 is 2.78 bits per heavy atom. The van der Waals surface area contributed by atoms with E-state index in [0.29, 0.717) is 5.02 Å². The molecular weight excluding hydrogens is 246 g/mol. The van der Waals surface area contributed by atoms with Crippen LogP contribution in [0.1, 0.15) is 11.3 Å². The number of pyridine rings is 1. The Balaban J connectivity index is 1.96. The molecule has 0 atom stereocenters. The summed E-state index contributed by atoms with van der Waals surface area (Å²) in [4.78, 5) is 4.26. The van der Waals surface area contributed by atoms with Gasteiger partial charge in [-0.2, -0.15) is 0 Å². The molecule has 0 unspecified atom stereocenters. The molecule has 0 saturated heterocycles. The molecule has 0 fully saturated rings. The minimum atomic E-state index is 0.694. The minimum Gasteiger partial charge on any atom is -0.311 e. The average molecular weight is 262 g/mol. The third kappa shape index (κ3) is 3.45. The molecule has 3 nitrogen and oxygen atoms in total. The van der Waals surface area contributed by atoms with E-state index in [-0.39, 0.29) is 0 Å². The maximum atomic E-state index is 6.00. The van der Waals surface area contributed by atoms with Gasteiger partial charge in [-0.3, -0.25) is 4.98 Å². The van der Waals surface area contributed by atoms with Crippen molar-refractivity contribution in [2.45, 2.75) is 13.3 Å². The summed E-state index contributed by atoms with van der Waals surface area (Å²) in [6, 6.07) is 11.6. The van der Waals surface area contributed by atoms with Crippen molar-refractivity contribution >= 4 is 17.3 Å². The highest BCUT2D eigenvalue weighted by atomic mass is 35.5. The van der Waals surface area contributed by atoms with E-state index >= 15 is 0 Å². The normalized spacial score (nSPS) is 10.4. The zero-order valence-corrected chi connectivity index (χ0v) is 11.1. The van der Waals surface area contributed by atoms with Gasteiger partial charge in [-0.15, -0.1) is 0 Å². The van der Waals surface area contributed by atoms with Crippen molar-refractivity contribution < 1.29 is 0 Å². The van der Waals surface area contributed by atoms with Crippen LogP contribution in [0.3, 0.4) is 0 Å². The van der Waals surface area contributed by atoms with Crippen LogP contribution in [0.4, 0.5) is 5.69 Å². The molecule has 0 aliphatic rings. The minimum absolute atomic E-state index is 0.694. The van der Waals surface area contributed by atoms with Crippen LogP contribution in [-0.2, 0) is 6.42 Å². The summed E-state index contributed by atoms with van der Waals surface area (Å²) in [5.74, 6) is 6.00. The van der Waals surface area contributed by atoms with Crippen LogP contribution >= 0.6 is 11.6 Å². The van der Waals surface area contributed by atoms with E-state index in [1.807, 2.05) is 43.5 Å². The summed E-state index contributed by atoms with van der Waals surface area (Å²) in [6.45, 7) is 2.70. The zero-order valence-electron chi connectivity index (χ0n) is 10.3. The van der Waals surface area contributed by atoms with Crippen molar-refractivity contribution in [1.82, 2.24) is 4.98 Å². The topological polar surface area (TPSA) is 42.1 Å². The van der Waals surface area contributed by atoms with Crippen molar-refractivity contribution in [3.8, 4) is 0 Å². The van der Waals surface area contributed by atoms with E-state index in [2.05, 4.69) is 11.1 Å². The van der Waals surface area contributed by atoms with E-state index in [1.54, 1.807) is 5.01 Å². The monoisotopic (exact) mass is 261 g/mol. The Kier molecular flexibility index (Phi) is 4.18. The number of hydrazine groups is 1. The lowest BCUT2D eigenvalue weighted by Gasteiger charge is -2.18. The van der Waals surface area contributed by atoms with Gasteiger partial charge < -0.3 is 5.01 Å². The van der Waals surface area contributed by atoms with E-state index in [0.717, 1.165) is 24.3 Å². The molecule has 2 N–H and O–H groups in total. The smallest absolute Gasteiger partial charge is 0.0532 e. The van der Waals surface area contributed by atoms with E-state index < -0.39 is 0 Å². The summed E-state index contributed by atoms with van der Waals surface area (Å²) in [5, 5.41) is 2.39. The summed E-state index contributed by atoms with van der Waals surface area (Å²) in [5.41, 5.74) is 3.12. The highest BCUT2D eigenvalue weighted by Crippen LogP contribution is 2.17. The number of aryl methyl sites for hydroxylation is 1. The first-order valence-electron chi connectivity index (χ1n) is 5.84. The summed E-state index contributed by atoms with van der Waals surface area (Å²) in [6.07, 6.45) is 2.75. The largest absolute Gasteiger partial charge is 0.311 e. The molecule has 94 valence electrons. The molecule has 0 spiro atoms. The molecule has 1 aromatic carbocycles. The first-order chi connectivity index (χ1) is 8.65. The Labute approximate surface area is 112 Å². The molecule has 0 amide bonds. The second-order valence-electron chi connectivity index (χ2n) is 4.23. The summed E-state index contributed by atoms with van der Waals surface area (Å²) >= 11 is 5.93. The van der Waals surface area contributed by atoms with Gasteiger partial charge in [-0.25, -0.2) is 5.84 Å². The summed E-state index contributed by atoms with van der Waals surface area (Å²) < 4.78 is 0. The maximum Gasteiger partial charge on any atom is 0.0532 e. The fourth-order valence-electron chi connectivity index (χ4n) is 1.68. The second-order valence-corrected chi connectivity index (χ2v) is 4.67. The number of hydrogen-bond acceptors (Lipinski definition) is 3. The highest BCUT2D eigenvalue weighted by Gasteiger charge is 2.02. The van der Waals surface area contributed by atoms with Crippen molar-refractivity contribution in [3.05, 3.63) is 58.9 Å². The van der Waals surface area contributed by atoms with Crippen molar-refractivity contribution in [2.24, 2.45) is 5.84 Å². The molecule has 0 aliphatic heterocycles. The molecular formula is C14H16ClN3. The van der Waals surface area contributed by atoms with Gasteiger partial charge in [-0.05, 0) is 43.2 Å². The molecule has 1 aromatic heterocycles. The van der Waals surface area contributed by atoms with Gasteiger partial charge >= 0.3 is 0 Å². The van der Waals surface area contributed by atoms with Gasteiger partial charge in [0.2, 0.25) is 0 Å². The lowest BCUT2D eigenvalue weighted by Crippen LogP contribution is -2.32. The SMILES string of the molecule is Cc1ccc(CCN(N)c2cccc(Cl)c2)cn1. The molecule has 4 heteroatoms. The Hall–Kier alpha value is -1.58. The highest BCUT2D eigenvalue weighted by molar-refractivity contribution is 6.30. The van der Waals surface area contributed by atoms with Crippen LogP contribution in [0.15, 0.2) is 42.6 Å². The number of anilines is 1. The van der Waals surface area contributed by atoms with Gasteiger partial charge in [0.15, 0.2) is 0 Å². The van der Waals surface area contributed by atoms with Crippen LogP contribution in [0, 0.1) is 6.92 Å². The molecule has 2 aromatic rings. The zero-order chi connectivity index (χ0) is 13.0. The number of hydrogen-bond donors (Lipinski definition) is 1. The third-order valence-corrected chi connectivity index (χ3v) is 2.99. The lowest BCUT2D eigenvalue weighted by atomic mass is 10.2. The predicted molar refractivity (Wildman–Crippen MR) is 75.7 cm³/mol. The van der Waals surface area contributed by atoms with Crippen LogP contribution in [0.2, 0.25) is 5.02 Å². The quantitative estimate of drug-likeness (QED) is 0.680. The van der Waals surface area contributed by atoms with E-state index in [9.17, 15) is 0 Å². The molecule has 18 heavy (non-hydrogen) atoms. The third-order valence-electron chi connectivity index (χ3n) is 2.75. The van der Waals surface area contributed by atoms with E-state index in [1.165, 1.54) is 5.56 Å². The molecule has 0 aliphatic carbocycles. The van der Waals surface area contributed by atoms with Crippen LogP contribution in [0.25, 0.3) is 0 Å².